The average Bonchev–Trinajstić information content (AvgIpc) is 2.38. The number of hydrogen-bond donors (Lipinski definition) is 2. The van der Waals surface area contributed by atoms with E-state index < -0.39 is 0 Å². The normalized spacial score (nSPS) is 20.2. The number of carbonyl (C=O) groups is 1. The third kappa shape index (κ3) is 4.29. The van der Waals surface area contributed by atoms with E-state index in [2.05, 4.69) is 15.5 Å². The summed E-state index contributed by atoms with van der Waals surface area (Å²) in [7, 11) is 2.01. The van der Waals surface area contributed by atoms with Crippen LogP contribution in [-0.4, -0.2) is 50.1 Å². The van der Waals surface area contributed by atoms with Gasteiger partial charge in [-0.25, -0.2) is 4.39 Å². The van der Waals surface area contributed by atoms with Crippen LogP contribution in [0.5, 0.6) is 0 Å². The molecule has 1 unspecified atom stereocenters. The van der Waals surface area contributed by atoms with E-state index in [9.17, 15) is 9.18 Å². The molecule has 4 nitrogen and oxygen atoms in total. The lowest BCUT2D eigenvalue weighted by Gasteiger charge is -2.29. The van der Waals surface area contributed by atoms with Crippen molar-refractivity contribution in [1.29, 1.82) is 0 Å². The lowest BCUT2D eigenvalue weighted by Crippen LogP contribution is -2.56. The second-order valence-electron chi connectivity index (χ2n) is 4.94. The summed E-state index contributed by atoms with van der Waals surface area (Å²) in [5, 5.41) is 6.08. The van der Waals surface area contributed by atoms with Crippen LogP contribution in [0.1, 0.15) is 5.56 Å². The number of hydrogen-bond acceptors (Lipinski definition) is 3. The molecule has 0 aliphatic carbocycles. The molecule has 0 radical (unpaired) electrons. The van der Waals surface area contributed by atoms with Crippen molar-refractivity contribution in [1.82, 2.24) is 15.5 Å². The second kappa shape index (κ2) is 6.63. The zero-order valence-corrected chi connectivity index (χ0v) is 11.2. The Labute approximate surface area is 113 Å². The van der Waals surface area contributed by atoms with Crippen LogP contribution >= 0.6 is 0 Å². The summed E-state index contributed by atoms with van der Waals surface area (Å²) in [6, 6.07) is 6.32. The molecule has 0 aromatic heterocycles. The molecule has 104 valence electrons. The molecule has 1 aromatic carbocycles. The number of halogens is 1. The molecule has 2 N–H and O–H groups in total. The first-order chi connectivity index (χ1) is 9.15. The Morgan fingerprint density at radius 3 is 3.16 bits per heavy atom. The molecule has 5 heteroatoms. The van der Waals surface area contributed by atoms with Crippen LogP contribution in [0, 0.1) is 5.82 Å². The van der Waals surface area contributed by atoms with Crippen molar-refractivity contribution in [2.75, 3.05) is 33.2 Å². The molecule has 1 amide bonds. The predicted octanol–water partition coefficient (Wildman–Crippen LogP) is 0.388. The summed E-state index contributed by atoms with van der Waals surface area (Å²) in [5.41, 5.74) is 0.897. The monoisotopic (exact) mass is 265 g/mol. The SMILES string of the molecule is CN1CCNC(C(=O)NCCc2cccc(F)c2)C1. The highest BCUT2D eigenvalue weighted by Crippen LogP contribution is 2.03. The molecule has 1 fully saturated rings. The summed E-state index contributed by atoms with van der Waals surface area (Å²) in [6.07, 6.45) is 0.645. The second-order valence-corrected chi connectivity index (χ2v) is 4.94. The Bertz CT molecular complexity index is 438. The fourth-order valence-corrected chi connectivity index (χ4v) is 2.22. The van der Waals surface area contributed by atoms with Gasteiger partial charge in [0.2, 0.25) is 5.91 Å². The first-order valence-electron chi connectivity index (χ1n) is 6.59. The van der Waals surface area contributed by atoms with Gasteiger partial charge < -0.3 is 15.5 Å². The highest BCUT2D eigenvalue weighted by atomic mass is 19.1. The Balaban J connectivity index is 1.74. The average molecular weight is 265 g/mol. The smallest absolute Gasteiger partial charge is 0.238 e. The van der Waals surface area contributed by atoms with E-state index in [1.165, 1.54) is 12.1 Å². The zero-order chi connectivity index (χ0) is 13.7. The van der Waals surface area contributed by atoms with E-state index in [0.29, 0.717) is 13.0 Å². The predicted molar refractivity (Wildman–Crippen MR) is 72.4 cm³/mol. The van der Waals surface area contributed by atoms with E-state index in [-0.39, 0.29) is 17.8 Å². The van der Waals surface area contributed by atoms with Crippen LogP contribution in [-0.2, 0) is 11.2 Å². The molecule has 1 atom stereocenters. The zero-order valence-electron chi connectivity index (χ0n) is 11.2. The van der Waals surface area contributed by atoms with Gasteiger partial charge >= 0.3 is 0 Å². The maximum Gasteiger partial charge on any atom is 0.238 e. The van der Waals surface area contributed by atoms with Gasteiger partial charge in [0, 0.05) is 26.2 Å². The third-order valence-corrected chi connectivity index (χ3v) is 3.30. The Kier molecular flexibility index (Phi) is 4.87. The molecule has 1 aromatic rings. The Hall–Kier alpha value is -1.46. The van der Waals surface area contributed by atoms with Crippen molar-refractivity contribution < 1.29 is 9.18 Å². The first-order valence-corrected chi connectivity index (χ1v) is 6.59. The maximum absolute atomic E-state index is 13.0. The van der Waals surface area contributed by atoms with Gasteiger partial charge in [0.1, 0.15) is 5.82 Å². The van der Waals surface area contributed by atoms with Crippen LogP contribution in [0.15, 0.2) is 24.3 Å². The molecule has 0 spiro atoms. The van der Waals surface area contributed by atoms with E-state index >= 15 is 0 Å². The molecule has 2 rings (SSSR count). The number of nitrogens with zero attached hydrogens (tertiary/aromatic N) is 1. The van der Waals surface area contributed by atoms with Crippen LogP contribution in [0.25, 0.3) is 0 Å². The molecule has 0 saturated carbocycles. The van der Waals surface area contributed by atoms with Crippen molar-refractivity contribution >= 4 is 5.91 Å². The van der Waals surface area contributed by atoms with Crippen molar-refractivity contribution in [2.24, 2.45) is 0 Å². The van der Waals surface area contributed by atoms with E-state index in [0.717, 1.165) is 25.2 Å². The van der Waals surface area contributed by atoms with Crippen molar-refractivity contribution in [3.8, 4) is 0 Å². The summed E-state index contributed by atoms with van der Waals surface area (Å²) in [4.78, 5) is 14.1. The first kappa shape index (κ1) is 14.0. The molecular weight excluding hydrogens is 245 g/mol. The maximum atomic E-state index is 13.0. The fourth-order valence-electron chi connectivity index (χ4n) is 2.22. The van der Waals surface area contributed by atoms with Crippen molar-refractivity contribution in [2.45, 2.75) is 12.5 Å². The van der Waals surface area contributed by atoms with Gasteiger partial charge in [-0.1, -0.05) is 12.1 Å². The molecule has 0 bridgehead atoms. The minimum absolute atomic E-state index is 0.0166. The molecule has 1 aliphatic rings. The number of carbonyl (C=O) groups excluding carboxylic acids is 1. The van der Waals surface area contributed by atoms with Gasteiger partial charge in [-0.2, -0.15) is 0 Å². The molecular formula is C14H20FN3O. The molecule has 1 saturated heterocycles. The summed E-state index contributed by atoms with van der Waals surface area (Å²) in [5.74, 6) is -0.220. The lowest BCUT2D eigenvalue weighted by molar-refractivity contribution is -0.124. The number of piperazine rings is 1. The number of likely N-dealkylation sites (N-methyl/N-ethyl adjacent to an activating group) is 1. The Morgan fingerprint density at radius 2 is 2.42 bits per heavy atom. The number of amides is 1. The highest BCUT2D eigenvalue weighted by molar-refractivity contribution is 5.82. The molecule has 1 heterocycles. The van der Waals surface area contributed by atoms with Crippen molar-refractivity contribution in [3.63, 3.8) is 0 Å². The van der Waals surface area contributed by atoms with Gasteiger partial charge in [-0.05, 0) is 31.2 Å². The van der Waals surface area contributed by atoms with Gasteiger partial charge in [0.05, 0.1) is 6.04 Å². The highest BCUT2D eigenvalue weighted by Gasteiger charge is 2.22. The fraction of sp³-hybridized carbons (Fsp3) is 0.500. The van der Waals surface area contributed by atoms with Crippen LogP contribution in [0.3, 0.4) is 0 Å². The topological polar surface area (TPSA) is 44.4 Å². The number of rotatable bonds is 4. The van der Waals surface area contributed by atoms with Crippen LogP contribution in [0.2, 0.25) is 0 Å². The standard InChI is InChI=1S/C14H20FN3O/c1-18-8-7-16-13(10-18)14(19)17-6-5-11-3-2-4-12(15)9-11/h2-4,9,13,16H,5-8,10H2,1H3,(H,17,19). The summed E-state index contributed by atoms with van der Waals surface area (Å²) >= 11 is 0. The molecule has 1 aliphatic heterocycles. The lowest BCUT2D eigenvalue weighted by atomic mass is 10.1. The summed E-state index contributed by atoms with van der Waals surface area (Å²) in [6.45, 7) is 3.06. The van der Waals surface area contributed by atoms with Gasteiger partial charge in [0.15, 0.2) is 0 Å². The van der Waals surface area contributed by atoms with E-state index in [1.807, 2.05) is 13.1 Å². The largest absolute Gasteiger partial charge is 0.354 e. The third-order valence-electron chi connectivity index (χ3n) is 3.30. The van der Waals surface area contributed by atoms with Crippen molar-refractivity contribution in [3.05, 3.63) is 35.6 Å². The number of nitrogens with one attached hydrogen (secondary N) is 2. The van der Waals surface area contributed by atoms with E-state index in [1.54, 1.807) is 6.07 Å². The van der Waals surface area contributed by atoms with Crippen LogP contribution in [0.4, 0.5) is 4.39 Å². The molecule has 19 heavy (non-hydrogen) atoms. The van der Waals surface area contributed by atoms with Crippen LogP contribution < -0.4 is 10.6 Å². The minimum Gasteiger partial charge on any atom is -0.354 e. The minimum atomic E-state index is -0.237. The quantitative estimate of drug-likeness (QED) is 0.827. The Morgan fingerprint density at radius 1 is 1.58 bits per heavy atom. The summed E-state index contributed by atoms with van der Waals surface area (Å²) < 4.78 is 13.0. The number of benzene rings is 1. The van der Waals surface area contributed by atoms with Gasteiger partial charge in [0.25, 0.3) is 0 Å². The van der Waals surface area contributed by atoms with E-state index in [4.69, 9.17) is 0 Å². The van der Waals surface area contributed by atoms with Gasteiger partial charge in [-0.15, -0.1) is 0 Å². The van der Waals surface area contributed by atoms with Gasteiger partial charge in [-0.3, -0.25) is 4.79 Å².